The SMILES string of the molecule is O=C(NN=Cc1ccc(N2CCOCC2)cc1)c1cc(-c2ccc(F)cc2)nc2ccccc12. The van der Waals surface area contributed by atoms with Crippen LogP contribution in [0.5, 0.6) is 0 Å². The molecule has 1 aromatic heterocycles. The maximum absolute atomic E-state index is 13.4. The Morgan fingerprint density at radius 2 is 1.74 bits per heavy atom. The lowest BCUT2D eigenvalue weighted by Crippen LogP contribution is -2.36. The minimum absolute atomic E-state index is 0.324. The van der Waals surface area contributed by atoms with E-state index in [0.29, 0.717) is 16.8 Å². The summed E-state index contributed by atoms with van der Waals surface area (Å²) < 4.78 is 18.8. The number of anilines is 1. The normalized spacial score (nSPS) is 14.0. The number of aromatic nitrogens is 1. The lowest BCUT2D eigenvalue weighted by atomic mass is 10.0. The fourth-order valence-electron chi connectivity index (χ4n) is 3.95. The summed E-state index contributed by atoms with van der Waals surface area (Å²) in [5.41, 5.74) is 7.08. The van der Waals surface area contributed by atoms with Gasteiger partial charge in [0, 0.05) is 29.7 Å². The summed E-state index contributed by atoms with van der Waals surface area (Å²) in [5, 5.41) is 4.87. The molecule has 0 saturated carbocycles. The molecule has 0 atom stereocenters. The molecule has 34 heavy (non-hydrogen) atoms. The number of carbonyl (C=O) groups is 1. The summed E-state index contributed by atoms with van der Waals surface area (Å²) in [6, 6.07) is 23.2. The minimum atomic E-state index is -0.344. The highest BCUT2D eigenvalue weighted by Crippen LogP contribution is 2.25. The van der Waals surface area contributed by atoms with Crippen molar-refractivity contribution in [3.63, 3.8) is 0 Å². The fraction of sp³-hybridized carbons (Fsp3) is 0.148. The van der Waals surface area contributed by atoms with E-state index in [1.54, 1.807) is 24.4 Å². The number of fused-ring (bicyclic) bond motifs is 1. The Morgan fingerprint density at radius 3 is 2.50 bits per heavy atom. The third kappa shape index (κ3) is 4.79. The van der Waals surface area contributed by atoms with E-state index >= 15 is 0 Å². The molecular weight excluding hydrogens is 431 g/mol. The first kappa shape index (κ1) is 21.7. The van der Waals surface area contributed by atoms with Crippen LogP contribution in [0.2, 0.25) is 0 Å². The van der Waals surface area contributed by atoms with Gasteiger partial charge in [-0.15, -0.1) is 0 Å². The number of rotatable bonds is 5. The van der Waals surface area contributed by atoms with Gasteiger partial charge in [-0.05, 0) is 54.1 Å². The fourth-order valence-corrected chi connectivity index (χ4v) is 3.95. The molecule has 1 fully saturated rings. The van der Waals surface area contributed by atoms with Gasteiger partial charge in [-0.1, -0.05) is 30.3 Å². The number of benzene rings is 3. The Kier molecular flexibility index (Phi) is 6.27. The third-order valence-corrected chi connectivity index (χ3v) is 5.75. The van der Waals surface area contributed by atoms with E-state index in [2.05, 4.69) is 20.4 Å². The van der Waals surface area contributed by atoms with Crippen molar-refractivity contribution in [3.05, 3.63) is 95.8 Å². The van der Waals surface area contributed by atoms with Crippen LogP contribution in [-0.2, 0) is 4.74 Å². The maximum atomic E-state index is 13.4. The molecule has 5 rings (SSSR count). The van der Waals surface area contributed by atoms with Gasteiger partial charge in [0.25, 0.3) is 5.91 Å². The van der Waals surface area contributed by atoms with Crippen LogP contribution < -0.4 is 10.3 Å². The van der Waals surface area contributed by atoms with Crippen molar-refractivity contribution in [2.24, 2.45) is 5.10 Å². The van der Waals surface area contributed by atoms with Crippen molar-refractivity contribution in [1.29, 1.82) is 0 Å². The van der Waals surface area contributed by atoms with Gasteiger partial charge in [-0.2, -0.15) is 5.10 Å². The summed E-state index contributed by atoms with van der Waals surface area (Å²) in [6.07, 6.45) is 1.62. The first-order chi connectivity index (χ1) is 16.7. The quantitative estimate of drug-likeness (QED) is 0.352. The standard InChI is InChI=1S/C27H23FN4O2/c28-21-9-7-20(8-10-21)26-17-24(23-3-1-2-4-25(23)30-26)27(33)31-29-18-19-5-11-22(12-6-19)32-13-15-34-16-14-32/h1-12,17-18H,13-16H2,(H,31,33). The number of hydrogen-bond acceptors (Lipinski definition) is 5. The molecule has 170 valence electrons. The molecule has 0 unspecified atom stereocenters. The van der Waals surface area contributed by atoms with Crippen LogP contribution in [0.1, 0.15) is 15.9 Å². The van der Waals surface area contributed by atoms with Gasteiger partial charge in [0.05, 0.1) is 36.2 Å². The van der Waals surface area contributed by atoms with E-state index in [1.807, 2.05) is 48.5 Å². The Hall–Kier alpha value is -4.10. The monoisotopic (exact) mass is 454 g/mol. The molecule has 6 nitrogen and oxygen atoms in total. The lowest BCUT2D eigenvalue weighted by Gasteiger charge is -2.28. The maximum Gasteiger partial charge on any atom is 0.272 e. The molecule has 4 aromatic rings. The van der Waals surface area contributed by atoms with E-state index in [1.165, 1.54) is 12.1 Å². The summed E-state index contributed by atoms with van der Waals surface area (Å²) in [6.45, 7) is 3.23. The molecule has 7 heteroatoms. The number of hydrogen-bond donors (Lipinski definition) is 1. The summed E-state index contributed by atoms with van der Waals surface area (Å²) in [5.74, 6) is -0.669. The second-order valence-corrected chi connectivity index (χ2v) is 7.97. The van der Waals surface area contributed by atoms with Crippen LogP contribution in [0, 0.1) is 5.82 Å². The van der Waals surface area contributed by atoms with E-state index < -0.39 is 0 Å². The molecule has 2 heterocycles. The number of hydrazone groups is 1. The number of nitrogens with zero attached hydrogens (tertiary/aromatic N) is 3. The van der Waals surface area contributed by atoms with E-state index in [4.69, 9.17) is 4.74 Å². The topological polar surface area (TPSA) is 66.8 Å². The van der Waals surface area contributed by atoms with Crippen LogP contribution in [0.3, 0.4) is 0 Å². The van der Waals surface area contributed by atoms with Crippen molar-refractivity contribution in [2.75, 3.05) is 31.2 Å². The molecule has 3 aromatic carbocycles. The number of halogens is 1. The van der Waals surface area contributed by atoms with Gasteiger partial charge in [0.2, 0.25) is 0 Å². The zero-order valence-electron chi connectivity index (χ0n) is 18.4. The Morgan fingerprint density at radius 1 is 1.00 bits per heavy atom. The number of morpholine rings is 1. The minimum Gasteiger partial charge on any atom is -0.378 e. The van der Waals surface area contributed by atoms with Gasteiger partial charge in [0.1, 0.15) is 5.82 Å². The Balaban J connectivity index is 1.35. The number of nitrogens with one attached hydrogen (secondary N) is 1. The number of amides is 1. The summed E-state index contributed by atoms with van der Waals surface area (Å²) >= 11 is 0. The van der Waals surface area contributed by atoms with Gasteiger partial charge >= 0.3 is 0 Å². The van der Waals surface area contributed by atoms with Crippen LogP contribution in [0.15, 0.2) is 84.0 Å². The van der Waals surface area contributed by atoms with Gasteiger partial charge in [0.15, 0.2) is 0 Å². The average molecular weight is 455 g/mol. The Labute approximate surface area is 196 Å². The number of pyridine rings is 1. The molecule has 0 radical (unpaired) electrons. The highest BCUT2D eigenvalue weighted by atomic mass is 19.1. The van der Waals surface area contributed by atoms with Crippen LogP contribution >= 0.6 is 0 Å². The van der Waals surface area contributed by atoms with Crippen LogP contribution in [0.4, 0.5) is 10.1 Å². The average Bonchev–Trinajstić information content (AvgIpc) is 2.89. The lowest BCUT2D eigenvalue weighted by molar-refractivity contribution is 0.0956. The van der Waals surface area contributed by atoms with Crippen molar-refractivity contribution in [1.82, 2.24) is 10.4 Å². The van der Waals surface area contributed by atoms with Crippen LogP contribution in [0.25, 0.3) is 22.2 Å². The predicted octanol–water partition coefficient (Wildman–Crippen LogP) is 4.64. The molecule has 0 spiro atoms. The second kappa shape index (κ2) is 9.80. The molecule has 1 saturated heterocycles. The summed E-state index contributed by atoms with van der Waals surface area (Å²) in [7, 11) is 0. The number of ether oxygens (including phenoxy) is 1. The van der Waals surface area contributed by atoms with E-state index in [0.717, 1.165) is 48.5 Å². The van der Waals surface area contributed by atoms with Crippen LogP contribution in [-0.4, -0.2) is 43.4 Å². The second-order valence-electron chi connectivity index (χ2n) is 7.97. The van der Waals surface area contributed by atoms with Gasteiger partial charge in [-0.3, -0.25) is 4.79 Å². The van der Waals surface area contributed by atoms with E-state index in [-0.39, 0.29) is 11.7 Å². The molecule has 0 aliphatic carbocycles. The first-order valence-electron chi connectivity index (χ1n) is 11.1. The molecule has 0 bridgehead atoms. The van der Waals surface area contributed by atoms with Crippen molar-refractivity contribution in [2.45, 2.75) is 0 Å². The number of carbonyl (C=O) groups excluding carboxylic acids is 1. The smallest absolute Gasteiger partial charge is 0.272 e. The van der Waals surface area contributed by atoms with E-state index in [9.17, 15) is 9.18 Å². The zero-order chi connectivity index (χ0) is 23.3. The Bertz CT molecular complexity index is 1330. The number of para-hydroxylation sites is 1. The molecule has 1 amide bonds. The largest absolute Gasteiger partial charge is 0.378 e. The van der Waals surface area contributed by atoms with Crippen molar-refractivity contribution >= 4 is 28.7 Å². The third-order valence-electron chi connectivity index (χ3n) is 5.75. The molecular formula is C27H23FN4O2. The van der Waals surface area contributed by atoms with Crippen molar-refractivity contribution in [3.8, 4) is 11.3 Å². The molecule has 1 aliphatic heterocycles. The first-order valence-corrected chi connectivity index (χ1v) is 11.1. The highest BCUT2D eigenvalue weighted by Gasteiger charge is 2.14. The highest BCUT2D eigenvalue weighted by molar-refractivity contribution is 6.07. The van der Waals surface area contributed by atoms with Crippen molar-refractivity contribution < 1.29 is 13.9 Å². The van der Waals surface area contributed by atoms with Gasteiger partial charge in [-0.25, -0.2) is 14.8 Å². The summed E-state index contributed by atoms with van der Waals surface area (Å²) in [4.78, 5) is 19.9. The zero-order valence-corrected chi connectivity index (χ0v) is 18.4. The molecule has 1 N–H and O–H groups in total. The predicted molar refractivity (Wildman–Crippen MR) is 132 cm³/mol. The van der Waals surface area contributed by atoms with Gasteiger partial charge < -0.3 is 9.64 Å². The molecule has 1 aliphatic rings.